The van der Waals surface area contributed by atoms with Crippen LogP contribution in [0.25, 0.3) is 0 Å². The van der Waals surface area contributed by atoms with Crippen molar-refractivity contribution in [1.29, 1.82) is 0 Å². The van der Waals surface area contributed by atoms with Crippen molar-refractivity contribution >= 4 is 22.6 Å². The average molecular weight is 278 g/mol. The van der Waals surface area contributed by atoms with Crippen LogP contribution in [0.4, 0.5) is 0 Å². The van der Waals surface area contributed by atoms with E-state index in [0.717, 1.165) is 5.92 Å². The van der Waals surface area contributed by atoms with E-state index in [0.29, 0.717) is 5.41 Å². The third kappa shape index (κ3) is 2.24. The summed E-state index contributed by atoms with van der Waals surface area (Å²) in [6.45, 7) is 9.00. The minimum Gasteiger partial charge on any atom is -0.0996 e. The van der Waals surface area contributed by atoms with Crippen LogP contribution < -0.4 is 0 Å². The van der Waals surface area contributed by atoms with E-state index in [1.165, 1.54) is 35.7 Å². The van der Waals surface area contributed by atoms with Crippen LogP contribution in [0.5, 0.6) is 0 Å². The van der Waals surface area contributed by atoms with E-state index in [-0.39, 0.29) is 0 Å². The molecule has 0 bridgehead atoms. The second-order valence-electron chi connectivity index (χ2n) is 4.53. The van der Waals surface area contributed by atoms with Gasteiger partial charge in [0.2, 0.25) is 0 Å². The molecule has 12 heavy (non-hydrogen) atoms. The van der Waals surface area contributed by atoms with E-state index < -0.39 is 0 Å². The minimum atomic E-state index is 0.514. The molecule has 0 aliphatic heterocycles. The number of alkyl halides is 1. The van der Waals surface area contributed by atoms with Crippen LogP contribution in [0, 0.1) is 11.3 Å². The Morgan fingerprint density at radius 2 is 2.25 bits per heavy atom. The first-order valence-corrected chi connectivity index (χ1v) is 6.34. The van der Waals surface area contributed by atoms with Gasteiger partial charge >= 0.3 is 0 Å². The Hall–Kier alpha value is 0.470. The van der Waals surface area contributed by atoms with E-state index in [2.05, 4.69) is 43.0 Å². The van der Waals surface area contributed by atoms with E-state index >= 15 is 0 Å². The van der Waals surface area contributed by atoms with Gasteiger partial charge in [-0.15, -0.1) is 0 Å². The molecule has 1 aliphatic rings. The molecule has 0 saturated heterocycles. The van der Waals surface area contributed by atoms with Gasteiger partial charge in [0.15, 0.2) is 0 Å². The monoisotopic (exact) mass is 278 g/mol. The predicted octanol–water partition coefficient (Wildman–Crippen LogP) is 4.19. The zero-order valence-corrected chi connectivity index (χ0v) is 10.4. The molecule has 1 rings (SSSR count). The van der Waals surface area contributed by atoms with Crippen molar-refractivity contribution < 1.29 is 0 Å². The Bertz CT molecular complexity index is 170. The summed E-state index contributed by atoms with van der Waals surface area (Å²) < 4.78 is 1.27. The topological polar surface area (TPSA) is 0 Å². The molecule has 0 nitrogen and oxygen atoms in total. The molecule has 0 spiro atoms. The SMILES string of the molecule is C=C1CCCC(C)(C)C1CCI. The van der Waals surface area contributed by atoms with Crippen LogP contribution in [-0.4, -0.2) is 4.43 Å². The highest BCUT2D eigenvalue weighted by atomic mass is 127. The summed E-state index contributed by atoms with van der Waals surface area (Å²) in [6, 6.07) is 0. The molecule has 1 fully saturated rings. The molecule has 0 N–H and O–H groups in total. The first-order valence-electron chi connectivity index (χ1n) is 4.81. The van der Waals surface area contributed by atoms with Crippen molar-refractivity contribution in [3.8, 4) is 0 Å². The molecule has 1 atom stereocenters. The molecule has 1 heteroatoms. The number of halogens is 1. The highest BCUT2D eigenvalue weighted by Gasteiger charge is 2.33. The number of rotatable bonds is 2. The molecule has 1 aliphatic carbocycles. The van der Waals surface area contributed by atoms with Gasteiger partial charge in [0.1, 0.15) is 0 Å². The largest absolute Gasteiger partial charge is 0.0996 e. The van der Waals surface area contributed by atoms with Crippen molar-refractivity contribution in [3.05, 3.63) is 12.2 Å². The van der Waals surface area contributed by atoms with Crippen molar-refractivity contribution in [1.82, 2.24) is 0 Å². The zero-order valence-electron chi connectivity index (χ0n) is 8.20. The Balaban J connectivity index is 2.67. The Morgan fingerprint density at radius 3 is 2.75 bits per heavy atom. The van der Waals surface area contributed by atoms with Crippen LogP contribution in [0.3, 0.4) is 0 Å². The van der Waals surface area contributed by atoms with Crippen LogP contribution >= 0.6 is 22.6 Å². The van der Waals surface area contributed by atoms with Crippen molar-refractivity contribution in [2.75, 3.05) is 4.43 Å². The Kier molecular flexibility index (Phi) is 3.62. The maximum atomic E-state index is 4.21. The molecule has 1 unspecified atom stereocenters. The lowest BCUT2D eigenvalue weighted by atomic mass is 9.66. The molecule has 0 heterocycles. The first kappa shape index (κ1) is 10.6. The fourth-order valence-corrected chi connectivity index (χ4v) is 3.00. The zero-order chi connectivity index (χ0) is 9.19. The van der Waals surface area contributed by atoms with Crippen LogP contribution in [0.15, 0.2) is 12.2 Å². The van der Waals surface area contributed by atoms with Crippen molar-refractivity contribution in [2.45, 2.75) is 39.5 Å². The van der Waals surface area contributed by atoms with Gasteiger partial charge in [-0.05, 0) is 37.0 Å². The summed E-state index contributed by atoms with van der Waals surface area (Å²) in [4.78, 5) is 0. The quantitative estimate of drug-likeness (QED) is 0.403. The lowest BCUT2D eigenvalue weighted by Crippen LogP contribution is -2.29. The van der Waals surface area contributed by atoms with Crippen LogP contribution in [0.2, 0.25) is 0 Å². The molecule has 0 aromatic carbocycles. The van der Waals surface area contributed by atoms with Gasteiger partial charge in [-0.1, -0.05) is 48.6 Å². The van der Waals surface area contributed by atoms with Crippen LogP contribution in [-0.2, 0) is 0 Å². The van der Waals surface area contributed by atoms with Gasteiger partial charge in [0.25, 0.3) is 0 Å². The summed E-state index contributed by atoms with van der Waals surface area (Å²) in [5.41, 5.74) is 2.02. The molecular weight excluding hydrogens is 259 g/mol. The van der Waals surface area contributed by atoms with Gasteiger partial charge in [-0.2, -0.15) is 0 Å². The standard InChI is InChI=1S/C11H19I/c1-9-5-4-7-11(2,3)10(9)6-8-12/h10H,1,4-8H2,2-3H3. The molecule has 1 saturated carbocycles. The molecular formula is C11H19I. The summed E-state index contributed by atoms with van der Waals surface area (Å²) >= 11 is 2.48. The smallest absolute Gasteiger partial charge is 0.000118 e. The van der Waals surface area contributed by atoms with Crippen LogP contribution in [0.1, 0.15) is 39.5 Å². The molecule has 0 aromatic rings. The maximum Gasteiger partial charge on any atom is 0.000118 e. The summed E-state index contributed by atoms with van der Waals surface area (Å²) in [7, 11) is 0. The van der Waals surface area contributed by atoms with Crippen molar-refractivity contribution in [3.63, 3.8) is 0 Å². The minimum absolute atomic E-state index is 0.514. The molecule has 0 radical (unpaired) electrons. The predicted molar refractivity (Wildman–Crippen MR) is 63.8 cm³/mol. The number of hydrogen-bond acceptors (Lipinski definition) is 0. The number of allylic oxidation sites excluding steroid dienone is 1. The normalized spacial score (nSPS) is 28.9. The Morgan fingerprint density at radius 1 is 1.58 bits per heavy atom. The van der Waals surface area contributed by atoms with Crippen molar-refractivity contribution in [2.24, 2.45) is 11.3 Å². The average Bonchev–Trinajstić information content (AvgIpc) is 1.97. The van der Waals surface area contributed by atoms with E-state index in [9.17, 15) is 0 Å². The number of hydrogen-bond donors (Lipinski definition) is 0. The van der Waals surface area contributed by atoms with Gasteiger partial charge in [0.05, 0.1) is 0 Å². The third-order valence-corrected chi connectivity index (χ3v) is 3.78. The molecule has 0 aromatic heterocycles. The van der Waals surface area contributed by atoms with Gasteiger partial charge < -0.3 is 0 Å². The summed E-state index contributed by atoms with van der Waals surface area (Å²) in [6.07, 6.45) is 5.33. The maximum absolute atomic E-state index is 4.21. The fraction of sp³-hybridized carbons (Fsp3) is 0.818. The first-order chi connectivity index (χ1) is 5.58. The lowest BCUT2D eigenvalue weighted by molar-refractivity contribution is 0.187. The highest BCUT2D eigenvalue weighted by molar-refractivity contribution is 14.1. The van der Waals surface area contributed by atoms with Gasteiger partial charge in [-0.3, -0.25) is 0 Å². The summed E-state index contributed by atoms with van der Waals surface area (Å²) in [5, 5.41) is 0. The molecule has 70 valence electrons. The lowest BCUT2D eigenvalue weighted by Gasteiger charge is -2.40. The second kappa shape index (κ2) is 4.12. The summed E-state index contributed by atoms with van der Waals surface area (Å²) in [5.74, 6) is 0.781. The second-order valence-corrected chi connectivity index (χ2v) is 5.61. The van der Waals surface area contributed by atoms with E-state index in [4.69, 9.17) is 0 Å². The van der Waals surface area contributed by atoms with E-state index in [1.54, 1.807) is 0 Å². The fourth-order valence-electron chi connectivity index (χ4n) is 2.38. The highest BCUT2D eigenvalue weighted by Crippen LogP contribution is 2.44. The van der Waals surface area contributed by atoms with Gasteiger partial charge in [0, 0.05) is 4.43 Å². The Labute approximate surface area is 90.0 Å². The third-order valence-electron chi connectivity index (χ3n) is 3.15. The van der Waals surface area contributed by atoms with Gasteiger partial charge in [-0.25, -0.2) is 0 Å². The van der Waals surface area contributed by atoms with E-state index in [1.807, 2.05) is 0 Å². The molecule has 0 amide bonds.